The van der Waals surface area contributed by atoms with Crippen LogP contribution in [0.1, 0.15) is 13.8 Å². The zero-order chi connectivity index (χ0) is 14.8. The summed E-state index contributed by atoms with van der Waals surface area (Å²) in [7, 11) is 0. The Morgan fingerprint density at radius 3 is 2.85 bits per heavy atom. The van der Waals surface area contributed by atoms with Crippen LogP contribution in [0, 0.1) is 0 Å². The van der Waals surface area contributed by atoms with Gasteiger partial charge >= 0.3 is 0 Å². The first-order valence-electron chi connectivity index (χ1n) is 6.37. The Kier molecular flexibility index (Phi) is 4.32. The first-order chi connectivity index (χ1) is 9.38. The number of amides is 2. The van der Waals surface area contributed by atoms with Crippen molar-refractivity contribution in [2.45, 2.75) is 19.4 Å². The lowest BCUT2D eigenvalue weighted by Gasteiger charge is -2.37. The predicted molar refractivity (Wildman–Crippen MR) is 78.4 cm³/mol. The van der Waals surface area contributed by atoms with Gasteiger partial charge in [-0.05, 0) is 32.0 Å². The second kappa shape index (κ2) is 5.83. The number of hydrogen-bond acceptors (Lipinski definition) is 3. The third-order valence-electron chi connectivity index (χ3n) is 3.03. The van der Waals surface area contributed by atoms with Gasteiger partial charge < -0.3 is 15.0 Å². The fourth-order valence-corrected chi connectivity index (χ4v) is 2.47. The summed E-state index contributed by atoms with van der Waals surface area (Å²) >= 11 is 3.37. The van der Waals surface area contributed by atoms with Gasteiger partial charge in [-0.25, -0.2) is 0 Å². The van der Waals surface area contributed by atoms with Gasteiger partial charge in [0.05, 0.1) is 13.1 Å². The topological polar surface area (TPSA) is 58.6 Å². The third-order valence-corrected chi connectivity index (χ3v) is 3.53. The molecule has 0 bridgehead atoms. The number of rotatable bonds is 4. The van der Waals surface area contributed by atoms with Crippen LogP contribution in [0.4, 0.5) is 0 Å². The Hall–Kier alpha value is -1.56. The van der Waals surface area contributed by atoms with Gasteiger partial charge in [0, 0.05) is 4.47 Å². The quantitative estimate of drug-likeness (QED) is 0.904. The standard InChI is InChI=1S/C14H17BrN2O3/c1-14(2)13(19)17(9-12(18)16-14)6-7-20-11-5-3-4-10(15)8-11/h3-5,8H,6-7,9H2,1-2H3,(H,16,18). The largest absolute Gasteiger partial charge is 0.492 e. The van der Waals surface area contributed by atoms with E-state index in [0.29, 0.717) is 13.2 Å². The highest BCUT2D eigenvalue weighted by Crippen LogP contribution is 2.18. The molecule has 108 valence electrons. The minimum atomic E-state index is -0.842. The Balaban J connectivity index is 1.90. The van der Waals surface area contributed by atoms with E-state index >= 15 is 0 Å². The fourth-order valence-electron chi connectivity index (χ4n) is 2.09. The molecule has 2 amide bonds. The van der Waals surface area contributed by atoms with E-state index in [0.717, 1.165) is 10.2 Å². The Morgan fingerprint density at radius 1 is 1.40 bits per heavy atom. The molecule has 1 fully saturated rings. The van der Waals surface area contributed by atoms with Crippen molar-refractivity contribution >= 4 is 27.7 Å². The number of carbonyl (C=O) groups excluding carboxylic acids is 2. The van der Waals surface area contributed by atoms with Crippen molar-refractivity contribution in [2.24, 2.45) is 0 Å². The molecule has 2 rings (SSSR count). The average Bonchev–Trinajstić information content (AvgIpc) is 2.34. The van der Waals surface area contributed by atoms with E-state index in [1.165, 1.54) is 4.90 Å². The molecule has 1 heterocycles. The molecule has 1 aliphatic heterocycles. The smallest absolute Gasteiger partial charge is 0.248 e. The van der Waals surface area contributed by atoms with Crippen LogP contribution in [0.3, 0.4) is 0 Å². The van der Waals surface area contributed by atoms with Crippen molar-refractivity contribution in [1.82, 2.24) is 10.2 Å². The van der Waals surface area contributed by atoms with Crippen LogP contribution in [0.5, 0.6) is 5.75 Å². The van der Waals surface area contributed by atoms with Gasteiger partial charge in [-0.1, -0.05) is 22.0 Å². The number of hydrogen-bond donors (Lipinski definition) is 1. The molecule has 0 aromatic heterocycles. The molecule has 20 heavy (non-hydrogen) atoms. The Morgan fingerprint density at radius 2 is 2.15 bits per heavy atom. The number of ether oxygens (including phenoxy) is 1. The molecule has 0 saturated carbocycles. The highest BCUT2D eigenvalue weighted by atomic mass is 79.9. The number of nitrogens with zero attached hydrogens (tertiary/aromatic N) is 1. The van der Waals surface area contributed by atoms with Crippen molar-refractivity contribution in [2.75, 3.05) is 19.7 Å². The van der Waals surface area contributed by atoms with Crippen LogP contribution >= 0.6 is 15.9 Å². The Labute approximate surface area is 126 Å². The number of nitrogens with one attached hydrogen (secondary N) is 1. The lowest BCUT2D eigenvalue weighted by molar-refractivity contribution is -0.148. The molecular formula is C14H17BrN2O3. The summed E-state index contributed by atoms with van der Waals surface area (Å²) in [5.74, 6) is 0.500. The van der Waals surface area contributed by atoms with E-state index in [1.807, 2.05) is 24.3 Å². The lowest BCUT2D eigenvalue weighted by Crippen LogP contribution is -2.64. The van der Waals surface area contributed by atoms with Crippen molar-refractivity contribution in [3.05, 3.63) is 28.7 Å². The lowest BCUT2D eigenvalue weighted by atomic mass is 10.0. The highest BCUT2D eigenvalue weighted by Gasteiger charge is 2.38. The van der Waals surface area contributed by atoms with E-state index < -0.39 is 5.54 Å². The van der Waals surface area contributed by atoms with Crippen molar-refractivity contribution in [3.63, 3.8) is 0 Å². The van der Waals surface area contributed by atoms with Crippen molar-refractivity contribution in [1.29, 1.82) is 0 Å². The first-order valence-corrected chi connectivity index (χ1v) is 7.16. The molecule has 1 aromatic carbocycles. The number of halogens is 1. The normalized spacial score (nSPS) is 17.9. The van der Waals surface area contributed by atoms with Crippen LogP contribution in [0.15, 0.2) is 28.7 Å². The molecule has 0 spiro atoms. The average molecular weight is 341 g/mol. The van der Waals surface area contributed by atoms with Crippen LogP contribution in [0.2, 0.25) is 0 Å². The summed E-state index contributed by atoms with van der Waals surface area (Å²) in [5, 5.41) is 2.67. The molecule has 0 aliphatic carbocycles. The molecule has 1 saturated heterocycles. The number of carbonyl (C=O) groups is 2. The third kappa shape index (κ3) is 3.50. The molecule has 0 radical (unpaired) electrons. The second-order valence-corrected chi connectivity index (χ2v) is 6.12. The van der Waals surface area contributed by atoms with Crippen molar-refractivity contribution in [3.8, 4) is 5.75 Å². The minimum absolute atomic E-state index is 0.0874. The van der Waals surface area contributed by atoms with Crippen LogP contribution in [0.25, 0.3) is 0 Å². The van der Waals surface area contributed by atoms with Gasteiger partial charge in [-0.2, -0.15) is 0 Å². The molecule has 5 nitrogen and oxygen atoms in total. The molecule has 0 unspecified atom stereocenters. The maximum atomic E-state index is 12.1. The number of piperazine rings is 1. The molecular weight excluding hydrogens is 324 g/mol. The van der Waals surface area contributed by atoms with E-state index in [1.54, 1.807) is 13.8 Å². The summed E-state index contributed by atoms with van der Waals surface area (Å²) < 4.78 is 6.52. The van der Waals surface area contributed by atoms with Gasteiger partial charge in [0.25, 0.3) is 0 Å². The summed E-state index contributed by atoms with van der Waals surface area (Å²) in [6.07, 6.45) is 0. The fraction of sp³-hybridized carbons (Fsp3) is 0.429. The van der Waals surface area contributed by atoms with Gasteiger partial charge in [0.15, 0.2) is 0 Å². The van der Waals surface area contributed by atoms with Crippen LogP contribution in [-0.2, 0) is 9.59 Å². The zero-order valence-electron chi connectivity index (χ0n) is 11.5. The summed E-state index contributed by atoms with van der Waals surface area (Å²) in [6, 6.07) is 7.49. The van der Waals surface area contributed by atoms with Gasteiger partial charge in [-0.3, -0.25) is 9.59 Å². The molecule has 6 heteroatoms. The van der Waals surface area contributed by atoms with E-state index in [2.05, 4.69) is 21.2 Å². The predicted octanol–water partition coefficient (Wildman–Crippen LogP) is 1.56. The van der Waals surface area contributed by atoms with E-state index in [9.17, 15) is 9.59 Å². The maximum absolute atomic E-state index is 12.1. The number of benzene rings is 1. The summed E-state index contributed by atoms with van der Waals surface area (Å²) in [5.41, 5.74) is -0.842. The molecule has 1 aliphatic rings. The Bertz CT molecular complexity index is 531. The highest BCUT2D eigenvalue weighted by molar-refractivity contribution is 9.10. The monoisotopic (exact) mass is 340 g/mol. The van der Waals surface area contributed by atoms with Crippen LogP contribution in [-0.4, -0.2) is 41.9 Å². The zero-order valence-corrected chi connectivity index (χ0v) is 13.1. The summed E-state index contributed by atoms with van der Waals surface area (Å²) in [4.78, 5) is 25.2. The van der Waals surface area contributed by atoms with Crippen molar-refractivity contribution < 1.29 is 14.3 Å². The van der Waals surface area contributed by atoms with E-state index in [4.69, 9.17) is 4.74 Å². The maximum Gasteiger partial charge on any atom is 0.248 e. The van der Waals surface area contributed by atoms with Gasteiger partial charge in [0.1, 0.15) is 17.9 Å². The molecule has 1 N–H and O–H groups in total. The summed E-state index contributed by atoms with van der Waals surface area (Å²) in [6.45, 7) is 4.24. The second-order valence-electron chi connectivity index (χ2n) is 5.21. The van der Waals surface area contributed by atoms with Crippen LogP contribution < -0.4 is 10.1 Å². The van der Waals surface area contributed by atoms with E-state index in [-0.39, 0.29) is 18.4 Å². The van der Waals surface area contributed by atoms with Gasteiger partial charge in [0.2, 0.25) is 11.8 Å². The SMILES string of the molecule is CC1(C)NC(=O)CN(CCOc2cccc(Br)c2)C1=O. The minimum Gasteiger partial charge on any atom is -0.492 e. The molecule has 0 atom stereocenters. The molecule has 1 aromatic rings. The first kappa shape index (κ1) is 14.8. The van der Waals surface area contributed by atoms with Gasteiger partial charge in [-0.15, -0.1) is 0 Å².